The minimum atomic E-state index is 0.607. The molecule has 0 aliphatic heterocycles. The summed E-state index contributed by atoms with van der Waals surface area (Å²) in [6.07, 6.45) is 7.82. The van der Waals surface area contributed by atoms with E-state index in [9.17, 15) is 0 Å². The van der Waals surface area contributed by atoms with Crippen LogP contribution in [-0.4, -0.2) is 21.8 Å². The molecule has 0 saturated carbocycles. The lowest BCUT2D eigenvalue weighted by molar-refractivity contribution is 0.326. The molecule has 2 rings (SSSR count). The summed E-state index contributed by atoms with van der Waals surface area (Å²) in [6.45, 7) is 4.25. The molecule has 0 aliphatic rings. The molecule has 0 atom stereocenters. The molecule has 0 unspecified atom stereocenters. The first kappa shape index (κ1) is 10.4. The van der Waals surface area contributed by atoms with Crippen molar-refractivity contribution >= 4 is 0 Å². The highest BCUT2D eigenvalue weighted by Crippen LogP contribution is 2.26. The zero-order chi connectivity index (χ0) is 11.2. The Morgan fingerprint density at radius 2 is 2.38 bits per heavy atom. The molecule has 4 heteroatoms. The molecule has 2 aromatic heterocycles. The van der Waals surface area contributed by atoms with E-state index in [-0.39, 0.29) is 0 Å². The van der Waals surface area contributed by atoms with Gasteiger partial charge in [-0.3, -0.25) is 10.1 Å². The van der Waals surface area contributed by atoms with Gasteiger partial charge < -0.3 is 4.74 Å². The standard InChI is InChI=1S/C12H13N3O/c1-2-3-7-16-11-9-14-15-12(11)10-5-4-6-13-8-10/h2,4-6,8-9H,1,3,7H2,(H,14,15). The third-order valence-electron chi connectivity index (χ3n) is 2.13. The van der Waals surface area contributed by atoms with E-state index in [1.807, 2.05) is 18.2 Å². The van der Waals surface area contributed by atoms with Gasteiger partial charge in [0.25, 0.3) is 0 Å². The van der Waals surface area contributed by atoms with E-state index in [4.69, 9.17) is 4.74 Å². The Labute approximate surface area is 94.0 Å². The SMILES string of the molecule is C=CCCOc1cn[nH]c1-c1cccnc1. The first-order valence-electron chi connectivity index (χ1n) is 5.09. The summed E-state index contributed by atoms with van der Waals surface area (Å²) in [7, 11) is 0. The maximum absolute atomic E-state index is 5.58. The predicted octanol–water partition coefficient (Wildman–Crippen LogP) is 2.43. The first-order valence-corrected chi connectivity index (χ1v) is 5.09. The maximum Gasteiger partial charge on any atom is 0.164 e. The summed E-state index contributed by atoms with van der Waals surface area (Å²) < 4.78 is 5.58. The summed E-state index contributed by atoms with van der Waals surface area (Å²) in [5, 5.41) is 6.88. The van der Waals surface area contributed by atoms with Crippen LogP contribution in [0.1, 0.15) is 6.42 Å². The summed E-state index contributed by atoms with van der Waals surface area (Å²) in [5.41, 5.74) is 1.82. The van der Waals surface area contributed by atoms with Crippen LogP contribution < -0.4 is 4.74 Å². The average molecular weight is 215 g/mol. The normalized spacial score (nSPS) is 10.0. The number of pyridine rings is 1. The third kappa shape index (κ3) is 2.28. The van der Waals surface area contributed by atoms with Gasteiger partial charge in [-0.25, -0.2) is 0 Å². The van der Waals surface area contributed by atoms with Crippen LogP contribution in [0.2, 0.25) is 0 Å². The van der Waals surface area contributed by atoms with Gasteiger partial charge in [0.2, 0.25) is 0 Å². The fraction of sp³-hybridized carbons (Fsp3) is 0.167. The molecule has 2 aromatic rings. The second kappa shape index (κ2) is 5.11. The Morgan fingerprint density at radius 3 is 3.12 bits per heavy atom. The van der Waals surface area contributed by atoms with Crippen molar-refractivity contribution in [1.82, 2.24) is 15.2 Å². The van der Waals surface area contributed by atoms with Gasteiger partial charge in [-0.2, -0.15) is 5.10 Å². The molecule has 0 bridgehead atoms. The number of rotatable bonds is 5. The lowest BCUT2D eigenvalue weighted by Crippen LogP contribution is -1.95. The van der Waals surface area contributed by atoms with Crippen molar-refractivity contribution in [1.29, 1.82) is 0 Å². The number of nitrogens with one attached hydrogen (secondary N) is 1. The molecule has 0 saturated heterocycles. The minimum absolute atomic E-state index is 0.607. The first-order chi connectivity index (χ1) is 7.92. The van der Waals surface area contributed by atoms with E-state index in [0.29, 0.717) is 6.61 Å². The van der Waals surface area contributed by atoms with E-state index in [0.717, 1.165) is 23.4 Å². The highest BCUT2D eigenvalue weighted by molar-refractivity contribution is 5.64. The Morgan fingerprint density at radius 1 is 1.44 bits per heavy atom. The Balaban J connectivity index is 2.16. The molecular formula is C12H13N3O. The molecule has 0 aromatic carbocycles. The number of ether oxygens (including phenoxy) is 1. The van der Waals surface area contributed by atoms with E-state index in [1.165, 1.54) is 0 Å². The fourth-order valence-electron chi connectivity index (χ4n) is 1.35. The molecule has 0 amide bonds. The monoisotopic (exact) mass is 215 g/mol. The molecule has 0 radical (unpaired) electrons. The zero-order valence-electron chi connectivity index (χ0n) is 8.89. The van der Waals surface area contributed by atoms with Crippen LogP contribution in [0.25, 0.3) is 11.3 Å². The largest absolute Gasteiger partial charge is 0.489 e. The van der Waals surface area contributed by atoms with Crippen LogP contribution >= 0.6 is 0 Å². The number of H-pyrrole nitrogens is 1. The number of nitrogens with zero attached hydrogens (tertiary/aromatic N) is 2. The van der Waals surface area contributed by atoms with Crippen LogP contribution in [-0.2, 0) is 0 Å². The van der Waals surface area contributed by atoms with Crippen LogP contribution in [0.15, 0.2) is 43.4 Å². The van der Waals surface area contributed by atoms with Gasteiger partial charge in [0.15, 0.2) is 5.75 Å². The number of aromatic amines is 1. The summed E-state index contributed by atoms with van der Waals surface area (Å²) >= 11 is 0. The van der Waals surface area contributed by atoms with Gasteiger partial charge in [-0.15, -0.1) is 6.58 Å². The van der Waals surface area contributed by atoms with Gasteiger partial charge in [0.1, 0.15) is 5.69 Å². The number of hydrogen-bond acceptors (Lipinski definition) is 3. The molecule has 2 heterocycles. The van der Waals surface area contributed by atoms with Gasteiger partial charge in [0.05, 0.1) is 12.8 Å². The van der Waals surface area contributed by atoms with Crippen molar-refractivity contribution < 1.29 is 4.74 Å². The Bertz CT molecular complexity index is 450. The summed E-state index contributed by atoms with van der Waals surface area (Å²) in [6, 6.07) is 3.84. The molecule has 0 fully saturated rings. The van der Waals surface area contributed by atoms with Gasteiger partial charge >= 0.3 is 0 Å². The Kier molecular flexibility index (Phi) is 3.33. The Hall–Kier alpha value is -2.10. The van der Waals surface area contributed by atoms with Crippen LogP contribution in [0.3, 0.4) is 0 Å². The fourth-order valence-corrected chi connectivity index (χ4v) is 1.35. The molecular weight excluding hydrogens is 202 g/mol. The lowest BCUT2D eigenvalue weighted by atomic mass is 10.2. The van der Waals surface area contributed by atoms with E-state index in [2.05, 4.69) is 21.8 Å². The molecule has 82 valence electrons. The second-order valence-electron chi connectivity index (χ2n) is 3.28. The van der Waals surface area contributed by atoms with Crippen molar-refractivity contribution in [3.63, 3.8) is 0 Å². The van der Waals surface area contributed by atoms with Gasteiger partial charge in [-0.05, 0) is 18.6 Å². The van der Waals surface area contributed by atoms with Crippen molar-refractivity contribution in [3.05, 3.63) is 43.4 Å². The topological polar surface area (TPSA) is 50.8 Å². The van der Waals surface area contributed by atoms with E-state index >= 15 is 0 Å². The molecule has 16 heavy (non-hydrogen) atoms. The average Bonchev–Trinajstić information content (AvgIpc) is 2.79. The predicted molar refractivity (Wildman–Crippen MR) is 62.1 cm³/mol. The van der Waals surface area contributed by atoms with Gasteiger partial charge in [0, 0.05) is 18.0 Å². The highest BCUT2D eigenvalue weighted by Gasteiger charge is 2.08. The van der Waals surface area contributed by atoms with Crippen LogP contribution in [0.4, 0.5) is 0 Å². The lowest BCUT2D eigenvalue weighted by Gasteiger charge is -2.04. The minimum Gasteiger partial charge on any atom is -0.489 e. The smallest absolute Gasteiger partial charge is 0.164 e. The van der Waals surface area contributed by atoms with Crippen molar-refractivity contribution in [3.8, 4) is 17.0 Å². The summed E-state index contributed by atoms with van der Waals surface area (Å²) in [4.78, 5) is 4.06. The molecule has 0 spiro atoms. The van der Waals surface area contributed by atoms with Gasteiger partial charge in [-0.1, -0.05) is 6.08 Å². The van der Waals surface area contributed by atoms with Crippen LogP contribution in [0, 0.1) is 0 Å². The van der Waals surface area contributed by atoms with Crippen molar-refractivity contribution in [2.45, 2.75) is 6.42 Å². The van der Waals surface area contributed by atoms with Crippen molar-refractivity contribution in [2.75, 3.05) is 6.61 Å². The van der Waals surface area contributed by atoms with E-state index < -0.39 is 0 Å². The second-order valence-corrected chi connectivity index (χ2v) is 3.28. The van der Waals surface area contributed by atoms with E-state index in [1.54, 1.807) is 18.6 Å². The zero-order valence-corrected chi connectivity index (χ0v) is 8.89. The molecule has 1 N–H and O–H groups in total. The van der Waals surface area contributed by atoms with Crippen molar-refractivity contribution in [2.24, 2.45) is 0 Å². The molecule has 4 nitrogen and oxygen atoms in total. The number of hydrogen-bond donors (Lipinski definition) is 1. The molecule has 0 aliphatic carbocycles. The third-order valence-corrected chi connectivity index (χ3v) is 2.13. The van der Waals surface area contributed by atoms with Crippen LogP contribution in [0.5, 0.6) is 5.75 Å². The highest BCUT2D eigenvalue weighted by atomic mass is 16.5. The number of aromatic nitrogens is 3. The quantitative estimate of drug-likeness (QED) is 0.615. The summed E-state index contributed by atoms with van der Waals surface area (Å²) in [5.74, 6) is 0.745. The maximum atomic E-state index is 5.58.